The molecule has 0 fully saturated rings. The van der Waals surface area contributed by atoms with Gasteiger partial charge in [-0.2, -0.15) is 5.10 Å². The first-order chi connectivity index (χ1) is 12.1. The highest BCUT2D eigenvalue weighted by atomic mass is 35.5. The molecule has 2 aromatic rings. The van der Waals surface area contributed by atoms with E-state index in [1.807, 2.05) is 0 Å². The summed E-state index contributed by atoms with van der Waals surface area (Å²) in [5, 5.41) is 7.38. The first-order valence-electron chi connectivity index (χ1n) is 7.67. The van der Waals surface area contributed by atoms with E-state index in [2.05, 4.69) is 10.4 Å². The Morgan fingerprint density at radius 2 is 2.00 bits per heavy atom. The molecule has 0 bridgehead atoms. The van der Waals surface area contributed by atoms with Crippen molar-refractivity contribution in [1.82, 2.24) is 14.1 Å². The van der Waals surface area contributed by atoms with Crippen molar-refractivity contribution in [3.05, 3.63) is 34.6 Å². The van der Waals surface area contributed by atoms with E-state index < -0.39 is 10.0 Å². The zero-order valence-corrected chi connectivity index (χ0v) is 16.8. The van der Waals surface area contributed by atoms with E-state index in [1.165, 1.54) is 44.1 Å². The third-order valence-electron chi connectivity index (χ3n) is 3.81. The van der Waals surface area contributed by atoms with Crippen molar-refractivity contribution >= 4 is 33.2 Å². The fourth-order valence-corrected chi connectivity index (χ4v) is 3.37. The molecule has 0 saturated carbocycles. The number of nitrogens with one attached hydrogen (secondary N) is 1. The monoisotopic (exact) mass is 400 g/mol. The van der Waals surface area contributed by atoms with Crippen LogP contribution >= 0.6 is 11.6 Å². The first-order valence-corrected chi connectivity index (χ1v) is 9.49. The van der Waals surface area contributed by atoms with E-state index in [-0.39, 0.29) is 23.0 Å². The summed E-state index contributed by atoms with van der Waals surface area (Å²) >= 11 is 6.08. The molecule has 0 saturated heterocycles. The molecule has 1 N–H and O–H groups in total. The summed E-state index contributed by atoms with van der Waals surface area (Å²) in [5.74, 6) is -0.0348. The van der Waals surface area contributed by atoms with Gasteiger partial charge >= 0.3 is 0 Å². The van der Waals surface area contributed by atoms with Gasteiger partial charge in [0.1, 0.15) is 12.3 Å². The summed E-state index contributed by atoms with van der Waals surface area (Å²) in [7, 11) is 0.670. The molecule has 0 aliphatic carbocycles. The molecular weight excluding hydrogens is 380 g/mol. The zero-order chi connectivity index (χ0) is 19.6. The van der Waals surface area contributed by atoms with Crippen LogP contribution in [0.4, 0.5) is 5.69 Å². The Morgan fingerprint density at radius 1 is 1.35 bits per heavy atom. The molecule has 0 aliphatic heterocycles. The topological polar surface area (TPSA) is 93.5 Å². The molecule has 0 radical (unpaired) electrons. The molecule has 0 spiro atoms. The number of aromatic nitrogens is 2. The lowest BCUT2D eigenvalue weighted by atomic mass is 10.3. The van der Waals surface area contributed by atoms with Gasteiger partial charge in [0.25, 0.3) is 0 Å². The van der Waals surface area contributed by atoms with Crippen molar-refractivity contribution in [1.29, 1.82) is 0 Å². The van der Waals surface area contributed by atoms with Gasteiger partial charge in [0, 0.05) is 14.1 Å². The number of nitrogens with zero attached hydrogens (tertiary/aromatic N) is 3. The van der Waals surface area contributed by atoms with Gasteiger partial charge in [-0.3, -0.25) is 9.48 Å². The van der Waals surface area contributed by atoms with Crippen LogP contribution in [-0.4, -0.2) is 49.6 Å². The Bertz CT molecular complexity index is 938. The van der Waals surface area contributed by atoms with E-state index in [4.69, 9.17) is 16.3 Å². The number of halogens is 1. The Kier molecular flexibility index (Phi) is 5.94. The van der Waals surface area contributed by atoms with Gasteiger partial charge in [0.05, 0.1) is 34.1 Å². The van der Waals surface area contributed by atoms with Crippen LogP contribution in [-0.2, 0) is 21.4 Å². The molecule has 8 nitrogen and oxygen atoms in total. The molecule has 10 heteroatoms. The molecule has 1 aromatic heterocycles. The van der Waals surface area contributed by atoms with E-state index >= 15 is 0 Å². The predicted molar refractivity (Wildman–Crippen MR) is 99.2 cm³/mol. The van der Waals surface area contributed by atoms with Crippen LogP contribution in [0.5, 0.6) is 5.75 Å². The normalized spacial score (nSPS) is 11.7. The summed E-state index contributed by atoms with van der Waals surface area (Å²) in [5.41, 5.74) is 1.57. The zero-order valence-electron chi connectivity index (χ0n) is 15.2. The van der Waals surface area contributed by atoms with Crippen molar-refractivity contribution < 1.29 is 17.9 Å². The number of amides is 1. The SMILES string of the molecule is COc1ccc(S(=O)(=O)N(C)C)cc1NC(=O)Cn1nc(C)c(Cl)c1C. The summed E-state index contributed by atoms with van der Waals surface area (Å²) in [6, 6.07) is 4.27. The number of sulfonamides is 1. The highest BCUT2D eigenvalue weighted by Crippen LogP contribution is 2.28. The minimum Gasteiger partial charge on any atom is -0.495 e. The number of aryl methyl sites for hydroxylation is 1. The Labute approximate surface area is 157 Å². The highest BCUT2D eigenvalue weighted by molar-refractivity contribution is 7.89. The lowest BCUT2D eigenvalue weighted by Gasteiger charge is -2.15. The highest BCUT2D eigenvalue weighted by Gasteiger charge is 2.20. The third-order valence-corrected chi connectivity index (χ3v) is 6.17. The maximum atomic E-state index is 12.4. The Hall–Kier alpha value is -2.10. The van der Waals surface area contributed by atoms with Crippen LogP contribution in [0.25, 0.3) is 0 Å². The number of carbonyl (C=O) groups excluding carboxylic acids is 1. The summed E-state index contributed by atoms with van der Waals surface area (Å²) in [6.45, 7) is 3.45. The summed E-state index contributed by atoms with van der Waals surface area (Å²) < 4.78 is 32.4. The quantitative estimate of drug-likeness (QED) is 0.800. The smallest absolute Gasteiger partial charge is 0.246 e. The number of hydrogen-bond donors (Lipinski definition) is 1. The van der Waals surface area contributed by atoms with E-state index in [0.29, 0.717) is 22.2 Å². The largest absolute Gasteiger partial charge is 0.495 e. The molecule has 0 unspecified atom stereocenters. The molecule has 1 aromatic carbocycles. The van der Waals surface area contributed by atoms with Crippen molar-refractivity contribution in [2.45, 2.75) is 25.3 Å². The predicted octanol–water partition coefficient (Wildman–Crippen LogP) is 2.05. The van der Waals surface area contributed by atoms with E-state index in [0.717, 1.165) is 4.31 Å². The van der Waals surface area contributed by atoms with Gasteiger partial charge in [-0.1, -0.05) is 11.6 Å². The molecule has 26 heavy (non-hydrogen) atoms. The molecule has 0 aliphatic rings. The second-order valence-corrected chi connectivity index (χ2v) is 8.37. The van der Waals surface area contributed by atoms with Crippen molar-refractivity contribution in [3.8, 4) is 5.75 Å². The minimum absolute atomic E-state index is 0.0489. The molecule has 1 heterocycles. The van der Waals surface area contributed by atoms with Crippen molar-refractivity contribution in [2.24, 2.45) is 0 Å². The van der Waals surface area contributed by atoms with E-state index in [9.17, 15) is 13.2 Å². The van der Waals surface area contributed by atoms with Crippen molar-refractivity contribution in [3.63, 3.8) is 0 Å². The van der Waals surface area contributed by atoms with Gasteiger partial charge < -0.3 is 10.1 Å². The van der Waals surface area contributed by atoms with E-state index in [1.54, 1.807) is 13.8 Å². The fraction of sp³-hybridized carbons (Fsp3) is 0.375. The minimum atomic E-state index is -3.64. The maximum Gasteiger partial charge on any atom is 0.246 e. The number of methoxy groups -OCH3 is 1. The second-order valence-electron chi connectivity index (χ2n) is 5.84. The molecule has 2 rings (SSSR count). The van der Waals surface area contributed by atoms with Gasteiger partial charge in [-0.05, 0) is 32.0 Å². The molecule has 142 valence electrons. The Morgan fingerprint density at radius 3 is 2.50 bits per heavy atom. The second kappa shape index (κ2) is 7.65. The van der Waals surface area contributed by atoms with Gasteiger partial charge in [-0.15, -0.1) is 0 Å². The number of ether oxygens (including phenoxy) is 1. The van der Waals surface area contributed by atoms with Gasteiger partial charge in [0.2, 0.25) is 15.9 Å². The van der Waals surface area contributed by atoms with Crippen LogP contribution in [0.1, 0.15) is 11.4 Å². The number of rotatable bonds is 6. The van der Waals surface area contributed by atoms with Gasteiger partial charge in [-0.25, -0.2) is 12.7 Å². The molecule has 1 amide bonds. The van der Waals surface area contributed by atoms with Crippen LogP contribution in [0.15, 0.2) is 23.1 Å². The summed E-state index contributed by atoms with van der Waals surface area (Å²) in [4.78, 5) is 12.4. The fourth-order valence-electron chi connectivity index (χ4n) is 2.31. The van der Waals surface area contributed by atoms with Crippen LogP contribution < -0.4 is 10.1 Å². The molecule has 0 atom stereocenters. The lowest BCUT2D eigenvalue weighted by molar-refractivity contribution is -0.117. The standard InChI is InChI=1S/C16H21ClN4O4S/c1-10-16(17)11(2)21(19-10)9-15(22)18-13-8-12(6-7-14(13)25-5)26(23,24)20(3)4/h6-8H,9H2,1-5H3,(H,18,22). The number of anilines is 1. The average molecular weight is 401 g/mol. The van der Waals surface area contributed by atoms with Crippen molar-refractivity contribution in [2.75, 3.05) is 26.5 Å². The van der Waals surface area contributed by atoms with Gasteiger partial charge in [0.15, 0.2) is 0 Å². The lowest BCUT2D eigenvalue weighted by Crippen LogP contribution is -2.23. The number of carbonyl (C=O) groups is 1. The van der Waals surface area contributed by atoms with Crippen LogP contribution in [0, 0.1) is 13.8 Å². The van der Waals surface area contributed by atoms with Crippen LogP contribution in [0.2, 0.25) is 5.02 Å². The maximum absolute atomic E-state index is 12.4. The summed E-state index contributed by atoms with van der Waals surface area (Å²) in [6.07, 6.45) is 0. The first kappa shape index (κ1) is 20.2. The third kappa shape index (κ3) is 4.00. The number of hydrogen-bond acceptors (Lipinski definition) is 5. The number of benzene rings is 1. The Balaban J connectivity index is 2.29. The van der Waals surface area contributed by atoms with Crippen LogP contribution in [0.3, 0.4) is 0 Å². The molecular formula is C16H21ClN4O4S. The average Bonchev–Trinajstić information content (AvgIpc) is 2.81.